The van der Waals surface area contributed by atoms with E-state index < -0.39 is 22.4 Å². The zero-order chi connectivity index (χ0) is 12.3. The Morgan fingerprint density at radius 3 is 2.62 bits per heavy atom. The summed E-state index contributed by atoms with van der Waals surface area (Å²) in [7, 11) is 0. The highest BCUT2D eigenvalue weighted by Crippen LogP contribution is 2.21. The molecule has 0 aliphatic carbocycles. The second kappa shape index (κ2) is 5.10. The van der Waals surface area contributed by atoms with Gasteiger partial charge in [0.2, 0.25) is 0 Å². The Kier molecular flexibility index (Phi) is 4.05. The van der Waals surface area contributed by atoms with Crippen LogP contribution in [0.4, 0.5) is 5.69 Å². The smallest absolute Gasteiger partial charge is 0.290 e. The molecule has 0 amide bonds. The van der Waals surface area contributed by atoms with Crippen molar-refractivity contribution < 1.29 is 17.9 Å². The number of nitrogens with zero attached hydrogens (tertiary/aromatic N) is 2. The van der Waals surface area contributed by atoms with Crippen LogP contribution >= 0.6 is 0 Å². The third kappa shape index (κ3) is 3.05. The lowest BCUT2D eigenvalue weighted by atomic mass is 10.2. The SMILES string of the molecule is Cc1nc(C(C)OS(=O)[O-])ccc1[N+](=O)[O-]. The Morgan fingerprint density at radius 2 is 2.19 bits per heavy atom. The van der Waals surface area contributed by atoms with E-state index >= 15 is 0 Å². The van der Waals surface area contributed by atoms with E-state index in [1.807, 2.05) is 0 Å². The number of nitro groups is 1. The molecule has 7 nitrogen and oxygen atoms in total. The number of aryl methyl sites for hydroxylation is 1. The molecule has 0 N–H and O–H groups in total. The summed E-state index contributed by atoms with van der Waals surface area (Å²) in [4.78, 5) is 13.9. The first-order chi connectivity index (χ1) is 7.41. The van der Waals surface area contributed by atoms with Crippen molar-refractivity contribution in [2.45, 2.75) is 20.0 Å². The van der Waals surface area contributed by atoms with Gasteiger partial charge in [0.25, 0.3) is 5.69 Å². The Hall–Kier alpha value is -1.38. The lowest BCUT2D eigenvalue weighted by Crippen LogP contribution is -2.06. The summed E-state index contributed by atoms with van der Waals surface area (Å²) in [5.74, 6) is 0. The average Bonchev–Trinajstić information content (AvgIpc) is 2.15. The van der Waals surface area contributed by atoms with Gasteiger partial charge in [-0.3, -0.25) is 14.3 Å². The van der Waals surface area contributed by atoms with Crippen LogP contribution < -0.4 is 0 Å². The van der Waals surface area contributed by atoms with E-state index in [0.717, 1.165) is 0 Å². The van der Waals surface area contributed by atoms with Gasteiger partial charge in [-0.15, -0.1) is 0 Å². The molecule has 0 saturated heterocycles. The summed E-state index contributed by atoms with van der Waals surface area (Å²) in [6.45, 7) is 2.96. The normalized spacial score (nSPS) is 14.4. The highest BCUT2D eigenvalue weighted by molar-refractivity contribution is 7.74. The van der Waals surface area contributed by atoms with Crippen molar-refractivity contribution in [3.8, 4) is 0 Å². The third-order valence-corrected chi connectivity index (χ3v) is 2.36. The van der Waals surface area contributed by atoms with E-state index in [9.17, 15) is 18.9 Å². The average molecular weight is 245 g/mol. The van der Waals surface area contributed by atoms with Crippen LogP contribution in [0.5, 0.6) is 0 Å². The first-order valence-corrected chi connectivity index (χ1v) is 5.30. The van der Waals surface area contributed by atoms with Gasteiger partial charge in [0.1, 0.15) is 11.8 Å². The molecule has 0 aromatic carbocycles. The van der Waals surface area contributed by atoms with Gasteiger partial charge in [-0.05, 0) is 19.9 Å². The molecular weight excluding hydrogens is 236 g/mol. The van der Waals surface area contributed by atoms with E-state index in [2.05, 4.69) is 9.17 Å². The van der Waals surface area contributed by atoms with Crippen molar-refractivity contribution in [2.24, 2.45) is 0 Å². The molecule has 88 valence electrons. The van der Waals surface area contributed by atoms with Crippen molar-refractivity contribution in [2.75, 3.05) is 0 Å². The second-order valence-electron chi connectivity index (χ2n) is 3.04. The van der Waals surface area contributed by atoms with E-state index in [-0.39, 0.29) is 11.4 Å². The van der Waals surface area contributed by atoms with E-state index in [0.29, 0.717) is 5.69 Å². The quantitative estimate of drug-likeness (QED) is 0.448. The van der Waals surface area contributed by atoms with Crippen molar-refractivity contribution in [3.05, 3.63) is 33.6 Å². The van der Waals surface area contributed by atoms with Crippen molar-refractivity contribution in [1.29, 1.82) is 0 Å². The highest BCUT2D eigenvalue weighted by atomic mass is 32.2. The van der Waals surface area contributed by atoms with Crippen LogP contribution in [0.1, 0.15) is 24.4 Å². The molecule has 2 atom stereocenters. The minimum Gasteiger partial charge on any atom is -0.750 e. The maximum absolute atomic E-state index is 10.5. The van der Waals surface area contributed by atoms with Crippen LogP contribution in [-0.4, -0.2) is 18.7 Å². The van der Waals surface area contributed by atoms with Gasteiger partial charge in [-0.1, -0.05) is 0 Å². The molecule has 0 saturated carbocycles. The molecule has 2 unspecified atom stereocenters. The van der Waals surface area contributed by atoms with Gasteiger partial charge in [0, 0.05) is 6.07 Å². The summed E-state index contributed by atoms with van der Waals surface area (Å²) in [5, 5.41) is 10.5. The van der Waals surface area contributed by atoms with Gasteiger partial charge in [0.05, 0.1) is 22.0 Å². The van der Waals surface area contributed by atoms with E-state index in [4.69, 9.17) is 0 Å². The zero-order valence-corrected chi connectivity index (χ0v) is 9.39. The minimum absolute atomic E-state index is 0.112. The Morgan fingerprint density at radius 1 is 1.56 bits per heavy atom. The minimum atomic E-state index is -2.64. The summed E-state index contributed by atoms with van der Waals surface area (Å²) >= 11 is -2.64. The summed E-state index contributed by atoms with van der Waals surface area (Å²) < 4.78 is 25.0. The predicted octanol–water partition coefficient (Wildman–Crippen LogP) is 1.17. The first-order valence-electron chi connectivity index (χ1n) is 4.30. The molecule has 0 fully saturated rings. The molecule has 1 heterocycles. The molecule has 0 radical (unpaired) electrons. The van der Waals surface area contributed by atoms with Gasteiger partial charge in [0.15, 0.2) is 0 Å². The van der Waals surface area contributed by atoms with E-state index in [1.54, 1.807) is 0 Å². The number of aromatic nitrogens is 1. The van der Waals surface area contributed by atoms with Crippen LogP contribution in [0, 0.1) is 17.0 Å². The summed E-state index contributed by atoms with van der Waals surface area (Å²) in [5.41, 5.74) is 0.432. The third-order valence-electron chi connectivity index (χ3n) is 1.92. The van der Waals surface area contributed by atoms with Crippen molar-refractivity contribution in [1.82, 2.24) is 4.98 Å². The maximum atomic E-state index is 10.5. The largest absolute Gasteiger partial charge is 0.750 e. The number of rotatable bonds is 4. The number of pyridine rings is 1. The van der Waals surface area contributed by atoms with Gasteiger partial charge >= 0.3 is 0 Å². The Labute approximate surface area is 94.1 Å². The Bertz CT molecular complexity index is 436. The topological polar surface area (TPSA) is 105 Å². The lowest BCUT2D eigenvalue weighted by molar-refractivity contribution is -0.385. The number of hydrogen-bond donors (Lipinski definition) is 0. The molecule has 1 aromatic rings. The Balaban J connectivity index is 2.96. The van der Waals surface area contributed by atoms with E-state index in [1.165, 1.54) is 26.0 Å². The van der Waals surface area contributed by atoms with Crippen LogP contribution in [0.2, 0.25) is 0 Å². The first kappa shape index (κ1) is 12.7. The fourth-order valence-electron chi connectivity index (χ4n) is 1.16. The summed E-state index contributed by atoms with van der Waals surface area (Å²) in [6, 6.07) is 2.63. The van der Waals surface area contributed by atoms with Crippen molar-refractivity contribution in [3.63, 3.8) is 0 Å². The molecule has 1 rings (SSSR count). The fourth-order valence-corrected chi connectivity index (χ4v) is 1.49. The van der Waals surface area contributed by atoms with Crippen LogP contribution in [-0.2, 0) is 15.5 Å². The van der Waals surface area contributed by atoms with Gasteiger partial charge in [-0.25, -0.2) is 9.19 Å². The monoisotopic (exact) mass is 245 g/mol. The molecule has 0 spiro atoms. The molecule has 1 aromatic heterocycles. The molecule has 8 heteroatoms. The van der Waals surface area contributed by atoms with Crippen molar-refractivity contribution >= 4 is 17.0 Å². The molecule has 0 aliphatic rings. The maximum Gasteiger partial charge on any atom is 0.290 e. The van der Waals surface area contributed by atoms with Gasteiger partial charge in [-0.2, -0.15) is 0 Å². The van der Waals surface area contributed by atoms with Gasteiger partial charge < -0.3 is 4.55 Å². The molecular formula is C8H9N2O5S-. The van der Waals surface area contributed by atoms with Crippen LogP contribution in [0.15, 0.2) is 12.1 Å². The number of hydrogen-bond acceptors (Lipinski definition) is 6. The zero-order valence-electron chi connectivity index (χ0n) is 8.58. The predicted molar refractivity (Wildman–Crippen MR) is 54.0 cm³/mol. The molecule has 0 bridgehead atoms. The second-order valence-corrected chi connectivity index (χ2v) is 3.64. The highest BCUT2D eigenvalue weighted by Gasteiger charge is 2.15. The lowest BCUT2D eigenvalue weighted by Gasteiger charge is -2.13. The standard InChI is InChI=1S/C8H10N2O5S/c1-5-8(10(11)12)4-3-7(9-5)6(2)15-16(13)14/h3-4,6H,1-2H3,(H,13,14)/p-1. The fraction of sp³-hybridized carbons (Fsp3) is 0.375. The van der Waals surface area contributed by atoms with Crippen LogP contribution in [0.3, 0.4) is 0 Å². The van der Waals surface area contributed by atoms with Crippen LogP contribution in [0.25, 0.3) is 0 Å². The molecule has 16 heavy (non-hydrogen) atoms. The summed E-state index contributed by atoms with van der Waals surface area (Å²) in [6.07, 6.45) is -0.766. The molecule has 0 aliphatic heterocycles.